The van der Waals surface area contributed by atoms with Crippen molar-refractivity contribution >= 4 is 11.7 Å². The van der Waals surface area contributed by atoms with E-state index in [2.05, 4.69) is 28.9 Å². The average Bonchev–Trinajstić information content (AvgIpc) is 2.98. The van der Waals surface area contributed by atoms with Crippen molar-refractivity contribution in [3.63, 3.8) is 0 Å². The third-order valence-electron chi connectivity index (χ3n) is 5.09. The lowest BCUT2D eigenvalue weighted by molar-refractivity contribution is -0.0501. The molecule has 1 aliphatic rings. The summed E-state index contributed by atoms with van der Waals surface area (Å²) in [5, 5.41) is 4.29. The number of ether oxygens (including phenoxy) is 2. The van der Waals surface area contributed by atoms with Crippen molar-refractivity contribution in [2.75, 3.05) is 6.54 Å². The monoisotopic (exact) mass is 389 g/mol. The summed E-state index contributed by atoms with van der Waals surface area (Å²) in [4.78, 5) is 23.3. The van der Waals surface area contributed by atoms with E-state index in [9.17, 15) is 4.79 Å². The maximum Gasteiger partial charge on any atom is 0.410 e. The fourth-order valence-corrected chi connectivity index (χ4v) is 3.48. The van der Waals surface area contributed by atoms with E-state index in [-0.39, 0.29) is 12.2 Å². The summed E-state index contributed by atoms with van der Waals surface area (Å²) in [6.45, 7) is 14.5. The zero-order valence-electron chi connectivity index (χ0n) is 17.9. The molecule has 0 N–H and O–H groups in total. The first-order valence-corrected chi connectivity index (χ1v) is 9.86. The molecule has 154 valence electrons. The molecule has 1 unspecified atom stereocenters. The van der Waals surface area contributed by atoms with E-state index < -0.39 is 11.1 Å². The maximum absolute atomic E-state index is 12.7. The lowest BCUT2D eigenvalue weighted by atomic mass is 9.87. The van der Waals surface area contributed by atoms with Crippen LogP contribution in [0.25, 0.3) is 5.65 Å². The van der Waals surface area contributed by atoms with Crippen LogP contribution in [0.5, 0.6) is 6.01 Å². The number of rotatable bonds is 3. The first-order valence-electron chi connectivity index (χ1n) is 9.86. The molecule has 1 saturated heterocycles. The van der Waals surface area contributed by atoms with Crippen LogP contribution in [0.15, 0.2) is 12.5 Å². The minimum atomic E-state index is -0.544. The number of fused-ring (bicyclic) bond motifs is 1. The Hall–Kier alpha value is -2.38. The molecule has 0 bridgehead atoms. The molecule has 1 aliphatic heterocycles. The van der Waals surface area contributed by atoms with Gasteiger partial charge in [0.1, 0.15) is 18.0 Å². The fourth-order valence-electron chi connectivity index (χ4n) is 3.48. The number of hydrogen-bond donors (Lipinski definition) is 0. The molecule has 3 rings (SSSR count). The molecule has 3 heterocycles. The van der Waals surface area contributed by atoms with Crippen LogP contribution in [0.2, 0.25) is 0 Å². The number of amides is 1. The van der Waals surface area contributed by atoms with Gasteiger partial charge in [0.25, 0.3) is 0 Å². The van der Waals surface area contributed by atoms with Crippen molar-refractivity contribution in [1.82, 2.24) is 24.5 Å². The molecule has 0 aliphatic carbocycles. The number of hydrogen-bond acceptors (Lipinski definition) is 6. The quantitative estimate of drug-likeness (QED) is 0.794. The molecule has 8 heteroatoms. The predicted molar refractivity (Wildman–Crippen MR) is 106 cm³/mol. The van der Waals surface area contributed by atoms with Crippen LogP contribution < -0.4 is 4.74 Å². The first kappa shape index (κ1) is 20.4. The Morgan fingerprint density at radius 1 is 1.32 bits per heavy atom. The molecular weight excluding hydrogens is 358 g/mol. The van der Waals surface area contributed by atoms with Crippen molar-refractivity contribution in [1.29, 1.82) is 0 Å². The molecule has 0 saturated carbocycles. The lowest BCUT2D eigenvalue weighted by Gasteiger charge is -2.46. The second kappa shape index (κ2) is 7.22. The Labute approximate surface area is 166 Å². The topological polar surface area (TPSA) is 81.9 Å². The molecule has 1 atom stereocenters. The van der Waals surface area contributed by atoms with Gasteiger partial charge in [-0.3, -0.25) is 4.90 Å². The number of likely N-dealkylation sites (tertiary alicyclic amines) is 1. The van der Waals surface area contributed by atoms with E-state index in [0.29, 0.717) is 18.5 Å². The van der Waals surface area contributed by atoms with Gasteiger partial charge in [-0.05, 0) is 53.4 Å². The Bertz CT molecular complexity index is 853. The molecule has 1 amide bonds. The largest absolute Gasteiger partial charge is 0.458 e. The second-order valence-corrected chi connectivity index (χ2v) is 9.20. The van der Waals surface area contributed by atoms with Crippen LogP contribution in [0.3, 0.4) is 0 Å². The van der Waals surface area contributed by atoms with Crippen LogP contribution in [-0.4, -0.2) is 54.4 Å². The molecule has 2 aromatic rings. The van der Waals surface area contributed by atoms with Gasteiger partial charge < -0.3 is 9.47 Å². The Balaban J connectivity index is 1.82. The Morgan fingerprint density at radius 3 is 2.68 bits per heavy atom. The summed E-state index contributed by atoms with van der Waals surface area (Å²) in [6.07, 6.45) is 4.52. The summed E-state index contributed by atoms with van der Waals surface area (Å²) in [5.41, 5.74) is 0.713. The van der Waals surface area contributed by atoms with E-state index in [1.807, 2.05) is 40.8 Å². The van der Waals surface area contributed by atoms with E-state index in [1.54, 1.807) is 15.7 Å². The highest BCUT2D eigenvalue weighted by Gasteiger charge is 2.44. The summed E-state index contributed by atoms with van der Waals surface area (Å²) in [6, 6.07) is 0.305. The van der Waals surface area contributed by atoms with Crippen molar-refractivity contribution in [3.05, 3.63) is 18.1 Å². The Morgan fingerprint density at radius 2 is 2.04 bits per heavy atom. The number of aromatic nitrogens is 4. The molecule has 0 spiro atoms. The van der Waals surface area contributed by atoms with Crippen LogP contribution >= 0.6 is 0 Å². The average molecular weight is 390 g/mol. The summed E-state index contributed by atoms with van der Waals surface area (Å²) in [5.74, 6) is 0.300. The lowest BCUT2D eigenvalue weighted by Crippen LogP contribution is -2.60. The normalized spacial score (nSPS) is 19.9. The van der Waals surface area contributed by atoms with Crippen LogP contribution in [0.1, 0.15) is 72.8 Å². The summed E-state index contributed by atoms with van der Waals surface area (Å²) < 4.78 is 13.4. The maximum atomic E-state index is 12.7. The molecular formula is C20H31N5O3. The van der Waals surface area contributed by atoms with Gasteiger partial charge in [-0.15, -0.1) is 0 Å². The van der Waals surface area contributed by atoms with E-state index >= 15 is 0 Å². The minimum absolute atomic E-state index is 0.235. The molecule has 8 nitrogen and oxygen atoms in total. The van der Waals surface area contributed by atoms with Crippen LogP contribution in [0, 0.1) is 0 Å². The molecule has 1 fully saturated rings. The van der Waals surface area contributed by atoms with E-state index in [0.717, 1.165) is 24.1 Å². The van der Waals surface area contributed by atoms with Crippen LogP contribution in [0.4, 0.5) is 4.79 Å². The smallest absolute Gasteiger partial charge is 0.410 e. The van der Waals surface area contributed by atoms with Gasteiger partial charge in [0.15, 0.2) is 5.65 Å². The van der Waals surface area contributed by atoms with Gasteiger partial charge in [0, 0.05) is 12.1 Å². The highest BCUT2D eigenvalue weighted by atomic mass is 16.6. The van der Waals surface area contributed by atoms with Gasteiger partial charge in [0.05, 0.1) is 11.7 Å². The standard InChI is InChI=1S/C20H31N5O3/c1-13(2)14-11-22-25-12-21-17(23-16(14)25)27-15-9-8-10-24(20(15,6)7)18(26)28-19(3,4)5/h11-13,15H,8-10H2,1-7H3. The van der Waals surface area contributed by atoms with Gasteiger partial charge in [-0.2, -0.15) is 15.1 Å². The van der Waals surface area contributed by atoms with Gasteiger partial charge >= 0.3 is 12.1 Å². The zero-order chi connectivity index (χ0) is 20.7. The van der Waals surface area contributed by atoms with E-state index in [4.69, 9.17) is 9.47 Å². The first-order chi connectivity index (χ1) is 13.0. The molecule has 0 aromatic carbocycles. The SMILES string of the molecule is CC(C)c1cnn2cnc(OC3CCCN(C(=O)OC(C)(C)C)C3(C)C)nc12. The van der Waals surface area contributed by atoms with Crippen molar-refractivity contribution in [3.8, 4) is 6.01 Å². The highest BCUT2D eigenvalue weighted by molar-refractivity contribution is 5.69. The summed E-state index contributed by atoms with van der Waals surface area (Å²) >= 11 is 0. The fraction of sp³-hybridized carbons (Fsp3) is 0.700. The number of piperidine rings is 1. The number of carbonyl (C=O) groups excluding carboxylic acids is 1. The highest BCUT2D eigenvalue weighted by Crippen LogP contribution is 2.32. The third-order valence-corrected chi connectivity index (χ3v) is 5.09. The van der Waals surface area contributed by atoms with Gasteiger partial charge in [-0.25, -0.2) is 9.31 Å². The van der Waals surface area contributed by atoms with Gasteiger partial charge in [0.2, 0.25) is 0 Å². The number of carbonyl (C=O) groups is 1. The molecule has 28 heavy (non-hydrogen) atoms. The molecule has 0 radical (unpaired) electrons. The zero-order valence-corrected chi connectivity index (χ0v) is 17.9. The van der Waals surface area contributed by atoms with E-state index in [1.165, 1.54) is 0 Å². The predicted octanol–water partition coefficient (Wildman–Crippen LogP) is 3.80. The minimum Gasteiger partial charge on any atom is -0.458 e. The van der Waals surface area contributed by atoms with Gasteiger partial charge in [-0.1, -0.05) is 13.8 Å². The Kier molecular flexibility index (Phi) is 5.25. The van der Waals surface area contributed by atoms with Crippen molar-refractivity contribution < 1.29 is 14.3 Å². The third kappa shape index (κ3) is 4.05. The number of nitrogens with zero attached hydrogens (tertiary/aromatic N) is 5. The van der Waals surface area contributed by atoms with Crippen LogP contribution in [-0.2, 0) is 4.74 Å². The molecule has 2 aromatic heterocycles. The van der Waals surface area contributed by atoms with Crippen molar-refractivity contribution in [2.45, 2.75) is 84.5 Å². The second-order valence-electron chi connectivity index (χ2n) is 9.20. The van der Waals surface area contributed by atoms with Crippen molar-refractivity contribution in [2.24, 2.45) is 0 Å². The summed E-state index contributed by atoms with van der Waals surface area (Å²) in [7, 11) is 0.